The number of amides is 3. The van der Waals surface area contributed by atoms with Gasteiger partial charge in [0.1, 0.15) is 17.7 Å². The number of aliphatic hydroxyl groups excluding tert-OH is 1. The average molecular weight is 570 g/mol. The van der Waals surface area contributed by atoms with Gasteiger partial charge in [-0.15, -0.1) is 0 Å². The molecule has 10 heteroatoms. The lowest BCUT2D eigenvalue weighted by Crippen LogP contribution is -2.54. The number of alkyl carbamates (subject to hydrolysis) is 1. The molecule has 2 rings (SSSR count). The Balaban J connectivity index is 2.51. The van der Waals surface area contributed by atoms with Gasteiger partial charge in [-0.05, 0) is 63.8 Å². The molecule has 0 bridgehead atoms. The summed E-state index contributed by atoms with van der Waals surface area (Å²) >= 11 is 0. The van der Waals surface area contributed by atoms with Gasteiger partial charge in [-0.3, -0.25) is 14.4 Å². The van der Waals surface area contributed by atoms with Crippen LogP contribution < -0.4 is 10.6 Å². The molecule has 0 aromatic heterocycles. The Labute approximate surface area is 242 Å². The third-order valence-electron chi connectivity index (χ3n) is 6.20. The first-order chi connectivity index (χ1) is 19.4. The molecule has 2 aromatic carbocycles. The van der Waals surface area contributed by atoms with Crippen LogP contribution in [0.25, 0.3) is 0 Å². The van der Waals surface area contributed by atoms with E-state index < -0.39 is 48.2 Å². The highest BCUT2D eigenvalue weighted by Crippen LogP contribution is 2.29. The molecule has 2 aromatic rings. The van der Waals surface area contributed by atoms with Crippen molar-refractivity contribution in [3.05, 3.63) is 70.8 Å². The van der Waals surface area contributed by atoms with E-state index in [1.54, 1.807) is 27.7 Å². The molecule has 224 valence electrons. The minimum atomic E-state index is -1.14. The third kappa shape index (κ3) is 10.5. The van der Waals surface area contributed by atoms with Crippen LogP contribution in [-0.4, -0.2) is 71.8 Å². The summed E-state index contributed by atoms with van der Waals surface area (Å²) < 4.78 is 10.4. The summed E-state index contributed by atoms with van der Waals surface area (Å²) in [6, 6.07) is 12.4. The normalized spacial score (nSPS) is 12.6. The second-order valence-corrected chi connectivity index (χ2v) is 10.7. The number of esters is 1. The molecule has 0 heterocycles. The van der Waals surface area contributed by atoms with E-state index in [9.17, 15) is 24.3 Å². The minimum absolute atomic E-state index is 0.00382. The standard InChI is InChI=1S/C31H43N3O7/c1-7-40-25(36)16-17-32-28(37)27(26-21(2)12-11-13-22(26)3)34(18-19-35)29(38)24(20-23-14-9-8-10-15-23)33-30(39)41-31(4,5)6/h8-15,24,27,35H,7,16-20H2,1-6H3,(H,32,37)(H,33,39). The van der Waals surface area contributed by atoms with Crippen molar-refractivity contribution >= 4 is 23.9 Å². The molecular weight excluding hydrogens is 526 g/mol. The van der Waals surface area contributed by atoms with Gasteiger partial charge in [-0.25, -0.2) is 4.79 Å². The predicted molar refractivity (Wildman–Crippen MR) is 155 cm³/mol. The van der Waals surface area contributed by atoms with Crippen molar-refractivity contribution in [3.63, 3.8) is 0 Å². The van der Waals surface area contributed by atoms with Crippen LogP contribution in [0.3, 0.4) is 0 Å². The van der Waals surface area contributed by atoms with Gasteiger partial charge in [0.2, 0.25) is 11.8 Å². The van der Waals surface area contributed by atoms with Gasteiger partial charge in [0, 0.05) is 19.5 Å². The van der Waals surface area contributed by atoms with Crippen LogP contribution in [0.4, 0.5) is 4.79 Å². The molecule has 0 fully saturated rings. The number of nitrogens with zero attached hydrogens (tertiary/aromatic N) is 1. The van der Waals surface area contributed by atoms with Crippen molar-refractivity contribution in [3.8, 4) is 0 Å². The highest BCUT2D eigenvalue weighted by atomic mass is 16.6. The van der Waals surface area contributed by atoms with Crippen molar-refractivity contribution in [2.45, 2.75) is 72.1 Å². The fourth-order valence-corrected chi connectivity index (χ4v) is 4.48. The molecule has 0 aliphatic rings. The summed E-state index contributed by atoms with van der Waals surface area (Å²) in [6.07, 6.45) is -0.688. The summed E-state index contributed by atoms with van der Waals surface area (Å²) in [5.41, 5.74) is 2.12. The molecular formula is C31H43N3O7. The zero-order chi connectivity index (χ0) is 30.6. The molecule has 0 spiro atoms. The van der Waals surface area contributed by atoms with Gasteiger partial charge in [-0.2, -0.15) is 0 Å². The maximum atomic E-state index is 14.2. The predicted octanol–water partition coefficient (Wildman–Crippen LogP) is 3.37. The Morgan fingerprint density at radius 3 is 2.17 bits per heavy atom. The number of aryl methyl sites for hydroxylation is 2. The lowest BCUT2D eigenvalue weighted by molar-refractivity contribution is -0.144. The van der Waals surface area contributed by atoms with Gasteiger partial charge in [0.15, 0.2) is 0 Å². The fourth-order valence-electron chi connectivity index (χ4n) is 4.48. The number of hydrogen-bond donors (Lipinski definition) is 3. The first-order valence-electron chi connectivity index (χ1n) is 13.8. The topological polar surface area (TPSA) is 134 Å². The van der Waals surface area contributed by atoms with E-state index in [0.29, 0.717) is 5.56 Å². The molecule has 0 saturated heterocycles. The van der Waals surface area contributed by atoms with Crippen molar-refractivity contribution in [2.75, 3.05) is 26.3 Å². The van der Waals surface area contributed by atoms with Crippen LogP contribution in [0.1, 0.15) is 62.4 Å². The highest BCUT2D eigenvalue weighted by molar-refractivity contribution is 5.93. The summed E-state index contributed by atoms with van der Waals surface area (Å²) in [5.74, 6) is -1.55. The van der Waals surface area contributed by atoms with Crippen molar-refractivity contribution < 1.29 is 33.8 Å². The number of carbonyl (C=O) groups is 4. The number of hydrogen-bond acceptors (Lipinski definition) is 7. The number of benzene rings is 2. The van der Waals surface area contributed by atoms with E-state index in [1.165, 1.54) is 4.90 Å². The van der Waals surface area contributed by atoms with Crippen molar-refractivity contribution in [2.24, 2.45) is 0 Å². The summed E-state index contributed by atoms with van der Waals surface area (Å²) in [6.45, 7) is 10.2. The van der Waals surface area contributed by atoms with E-state index in [-0.39, 0.29) is 32.5 Å². The Bertz CT molecular complexity index is 1160. The van der Waals surface area contributed by atoms with E-state index in [2.05, 4.69) is 10.6 Å². The van der Waals surface area contributed by atoms with Crippen LogP contribution in [0.5, 0.6) is 0 Å². The zero-order valence-corrected chi connectivity index (χ0v) is 24.9. The first kappa shape index (κ1) is 33.3. The lowest BCUT2D eigenvalue weighted by Gasteiger charge is -2.35. The largest absolute Gasteiger partial charge is 0.466 e. The second kappa shape index (κ2) is 15.8. The van der Waals surface area contributed by atoms with E-state index in [1.807, 2.05) is 62.4 Å². The summed E-state index contributed by atoms with van der Waals surface area (Å²) in [5, 5.41) is 15.4. The maximum Gasteiger partial charge on any atom is 0.408 e. The third-order valence-corrected chi connectivity index (χ3v) is 6.20. The van der Waals surface area contributed by atoms with Crippen molar-refractivity contribution in [1.82, 2.24) is 15.5 Å². The highest BCUT2D eigenvalue weighted by Gasteiger charge is 2.37. The van der Waals surface area contributed by atoms with Crippen LogP contribution in [-0.2, 0) is 30.3 Å². The maximum absolute atomic E-state index is 14.2. The zero-order valence-electron chi connectivity index (χ0n) is 24.9. The molecule has 2 unspecified atom stereocenters. The SMILES string of the molecule is CCOC(=O)CCNC(=O)C(c1c(C)cccc1C)N(CCO)C(=O)C(Cc1ccccc1)NC(=O)OC(C)(C)C. The van der Waals surface area contributed by atoms with Crippen LogP contribution >= 0.6 is 0 Å². The number of nitrogens with one attached hydrogen (secondary N) is 2. The Morgan fingerprint density at radius 1 is 0.976 bits per heavy atom. The van der Waals surface area contributed by atoms with E-state index in [0.717, 1.165) is 16.7 Å². The Morgan fingerprint density at radius 2 is 1.61 bits per heavy atom. The van der Waals surface area contributed by atoms with Gasteiger partial charge >= 0.3 is 12.1 Å². The molecule has 3 N–H and O–H groups in total. The van der Waals surface area contributed by atoms with E-state index in [4.69, 9.17) is 9.47 Å². The van der Waals surface area contributed by atoms with E-state index >= 15 is 0 Å². The Hall–Kier alpha value is -3.92. The average Bonchev–Trinajstić information content (AvgIpc) is 2.88. The first-order valence-corrected chi connectivity index (χ1v) is 13.8. The number of carbonyl (C=O) groups excluding carboxylic acids is 4. The van der Waals surface area contributed by atoms with Crippen LogP contribution in [0.15, 0.2) is 48.5 Å². The summed E-state index contributed by atoms with van der Waals surface area (Å²) in [7, 11) is 0. The monoisotopic (exact) mass is 569 g/mol. The quantitative estimate of drug-likeness (QED) is 0.315. The molecule has 41 heavy (non-hydrogen) atoms. The molecule has 10 nitrogen and oxygen atoms in total. The molecule has 3 amide bonds. The van der Waals surface area contributed by atoms with Crippen molar-refractivity contribution in [1.29, 1.82) is 0 Å². The van der Waals surface area contributed by atoms with Gasteiger partial charge in [-0.1, -0.05) is 48.5 Å². The number of ether oxygens (including phenoxy) is 2. The molecule has 0 aliphatic carbocycles. The second-order valence-electron chi connectivity index (χ2n) is 10.7. The molecule has 0 saturated carbocycles. The van der Waals surface area contributed by atoms with Crippen LogP contribution in [0, 0.1) is 13.8 Å². The fraction of sp³-hybridized carbons (Fsp3) is 0.484. The van der Waals surface area contributed by atoms with Crippen LogP contribution in [0.2, 0.25) is 0 Å². The summed E-state index contributed by atoms with van der Waals surface area (Å²) in [4.78, 5) is 53.9. The number of aliphatic hydroxyl groups is 1. The molecule has 2 atom stereocenters. The smallest absolute Gasteiger partial charge is 0.408 e. The van der Waals surface area contributed by atoms with Gasteiger partial charge in [0.25, 0.3) is 0 Å². The molecule has 0 radical (unpaired) electrons. The Kier molecular flexibility index (Phi) is 12.8. The minimum Gasteiger partial charge on any atom is -0.466 e. The number of rotatable bonds is 13. The molecule has 0 aliphatic heterocycles. The lowest BCUT2D eigenvalue weighted by atomic mass is 9.93. The van der Waals surface area contributed by atoms with Gasteiger partial charge < -0.3 is 30.1 Å². The van der Waals surface area contributed by atoms with Gasteiger partial charge in [0.05, 0.1) is 19.6 Å².